The fourth-order valence-corrected chi connectivity index (χ4v) is 2.04. The Labute approximate surface area is 89.4 Å². The molecule has 0 fully saturated rings. The lowest BCUT2D eigenvalue weighted by Gasteiger charge is -2.04. The van der Waals surface area contributed by atoms with E-state index < -0.39 is 0 Å². The molecule has 1 aromatic heterocycles. The minimum Gasteiger partial charge on any atom is -0.246 e. The van der Waals surface area contributed by atoms with Crippen molar-refractivity contribution in [3.63, 3.8) is 0 Å². The van der Waals surface area contributed by atoms with Crippen molar-refractivity contribution < 1.29 is 0 Å². The van der Waals surface area contributed by atoms with E-state index in [-0.39, 0.29) is 0 Å². The first-order valence-corrected chi connectivity index (χ1v) is 5.80. The van der Waals surface area contributed by atoms with Gasteiger partial charge in [0.2, 0.25) is 0 Å². The molecule has 0 bridgehead atoms. The molecule has 3 heteroatoms. The van der Waals surface area contributed by atoms with Crippen LogP contribution in [-0.4, -0.2) is 10.7 Å². The lowest BCUT2D eigenvalue weighted by molar-refractivity contribution is 0.750. The molecule has 74 valence electrons. The van der Waals surface area contributed by atoms with Gasteiger partial charge >= 0.3 is 0 Å². The van der Waals surface area contributed by atoms with Crippen LogP contribution in [0.2, 0.25) is 0 Å². The van der Waals surface area contributed by atoms with Crippen LogP contribution in [0.4, 0.5) is 0 Å². The third-order valence-corrected chi connectivity index (χ3v) is 3.10. The Bertz CT molecular complexity index is 328. The van der Waals surface area contributed by atoms with Gasteiger partial charge in [-0.05, 0) is 29.4 Å². The Kier molecular flexibility index (Phi) is 4.48. The first kappa shape index (κ1) is 11.1. The molecule has 0 aliphatic carbocycles. The van der Waals surface area contributed by atoms with Gasteiger partial charge in [-0.25, -0.2) is 4.98 Å². The average molecular weight is 206 g/mol. The fourth-order valence-electron chi connectivity index (χ4n) is 1.04. The normalized spacial score (nSPS) is 10.1. The van der Waals surface area contributed by atoms with Crippen LogP contribution in [0.3, 0.4) is 0 Å². The van der Waals surface area contributed by atoms with E-state index in [0.29, 0.717) is 5.69 Å². The fraction of sp³-hybridized carbons (Fsp3) is 0.455. The summed E-state index contributed by atoms with van der Waals surface area (Å²) < 4.78 is 0. The van der Waals surface area contributed by atoms with Crippen molar-refractivity contribution in [1.82, 2.24) is 4.98 Å². The molecule has 0 aliphatic heterocycles. The van der Waals surface area contributed by atoms with Crippen molar-refractivity contribution in [3.05, 3.63) is 29.6 Å². The molecule has 14 heavy (non-hydrogen) atoms. The molecule has 0 spiro atoms. The molecule has 1 rings (SSSR count). The Morgan fingerprint density at radius 2 is 2.36 bits per heavy atom. The predicted molar refractivity (Wildman–Crippen MR) is 60.0 cm³/mol. The summed E-state index contributed by atoms with van der Waals surface area (Å²) in [5, 5.41) is 8.66. The first-order valence-electron chi connectivity index (χ1n) is 4.65. The average Bonchev–Trinajstić information content (AvgIpc) is 2.18. The van der Waals surface area contributed by atoms with E-state index in [1.807, 2.05) is 30.0 Å². The second kappa shape index (κ2) is 5.66. The zero-order valence-electron chi connectivity index (χ0n) is 8.53. The highest BCUT2D eigenvalue weighted by Crippen LogP contribution is 2.15. The zero-order valence-corrected chi connectivity index (χ0v) is 9.34. The van der Waals surface area contributed by atoms with Crippen molar-refractivity contribution in [2.45, 2.75) is 19.6 Å². The Morgan fingerprint density at radius 3 is 3.00 bits per heavy atom. The summed E-state index contributed by atoms with van der Waals surface area (Å²) in [6, 6.07) is 5.87. The number of nitrogens with zero attached hydrogens (tertiary/aromatic N) is 2. The van der Waals surface area contributed by atoms with Gasteiger partial charge in [0.05, 0.1) is 0 Å². The topological polar surface area (TPSA) is 36.7 Å². The van der Waals surface area contributed by atoms with Gasteiger partial charge in [-0.3, -0.25) is 0 Å². The molecule has 0 radical (unpaired) electrons. The van der Waals surface area contributed by atoms with Gasteiger partial charge in [-0.2, -0.15) is 17.0 Å². The molecular weight excluding hydrogens is 192 g/mol. The number of rotatable bonds is 4. The Balaban J connectivity index is 2.47. The second-order valence-electron chi connectivity index (χ2n) is 3.57. The van der Waals surface area contributed by atoms with Gasteiger partial charge in [0.25, 0.3) is 0 Å². The monoisotopic (exact) mass is 206 g/mol. The van der Waals surface area contributed by atoms with Crippen LogP contribution < -0.4 is 0 Å². The van der Waals surface area contributed by atoms with Gasteiger partial charge in [0.15, 0.2) is 0 Å². The number of nitriles is 1. The molecule has 0 saturated carbocycles. The molecule has 0 atom stereocenters. The van der Waals surface area contributed by atoms with Crippen molar-refractivity contribution in [3.8, 4) is 6.07 Å². The lowest BCUT2D eigenvalue weighted by atomic mass is 10.2. The smallest absolute Gasteiger partial charge is 0.140 e. The zero-order chi connectivity index (χ0) is 10.4. The van der Waals surface area contributed by atoms with Crippen LogP contribution in [-0.2, 0) is 5.75 Å². The van der Waals surface area contributed by atoms with Crippen LogP contribution in [0.1, 0.15) is 25.1 Å². The Hall–Kier alpha value is -1.01. The summed E-state index contributed by atoms with van der Waals surface area (Å²) in [4.78, 5) is 3.93. The maximum atomic E-state index is 8.66. The molecule has 0 saturated heterocycles. The van der Waals surface area contributed by atoms with Gasteiger partial charge in [0.1, 0.15) is 11.8 Å². The van der Waals surface area contributed by atoms with Crippen LogP contribution in [0.15, 0.2) is 18.3 Å². The lowest BCUT2D eigenvalue weighted by Crippen LogP contribution is -1.92. The van der Waals surface area contributed by atoms with Gasteiger partial charge in [-0.15, -0.1) is 0 Å². The highest BCUT2D eigenvalue weighted by molar-refractivity contribution is 7.98. The molecule has 0 unspecified atom stereocenters. The van der Waals surface area contributed by atoms with Crippen LogP contribution >= 0.6 is 11.8 Å². The summed E-state index contributed by atoms with van der Waals surface area (Å²) in [7, 11) is 0. The molecule has 0 aliphatic rings. The molecule has 1 heterocycles. The number of hydrogen-bond donors (Lipinski definition) is 0. The number of pyridine rings is 1. The van der Waals surface area contributed by atoms with Gasteiger partial charge < -0.3 is 0 Å². The third-order valence-electron chi connectivity index (χ3n) is 1.66. The van der Waals surface area contributed by atoms with Crippen molar-refractivity contribution in [1.29, 1.82) is 5.26 Å². The van der Waals surface area contributed by atoms with Crippen LogP contribution in [0.25, 0.3) is 0 Å². The van der Waals surface area contributed by atoms with Crippen molar-refractivity contribution in [2.24, 2.45) is 5.92 Å². The van der Waals surface area contributed by atoms with E-state index in [1.165, 1.54) is 5.56 Å². The summed E-state index contributed by atoms with van der Waals surface area (Å²) in [5.41, 5.74) is 1.69. The third kappa shape index (κ3) is 3.80. The summed E-state index contributed by atoms with van der Waals surface area (Å²) in [6.07, 6.45) is 1.70. The van der Waals surface area contributed by atoms with Crippen LogP contribution in [0, 0.1) is 17.2 Å². The first-order chi connectivity index (χ1) is 6.72. The summed E-state index contributed by atoms with van der Waals surface area (Å²) >= 11 is 1.90. The largest absolute Gasteiger partial charge is 0.246 e. The summed E-state index contributed by atoms with van der Waals surface area (Å²) in [5.74, 6) is 2.84. The van der Waals surface area contributed by atoms with Crippen LogP contribution in [0.5, 0.6) is 0 Å². The molecule has 2 nitrogen and oxygen atoms in total. The number of aromatic nitrogens is 1. The molecule has 1 aromatic rings. The van der Waals surface area contributed by atoms with E-state index in [1.54, 1.807) is 6.20 Å². The molecular formula is C11H14N2S. The maximum Gasteiger partial charge on any atom is 0.140 e. The minimum absolute atomic E-state index is 0.507. The van der Waals surface area contributed by atoms with E-state index in [4.69, 9.17) is 5.26 Å². The van der Waals surface area contributed by atoms with E-state index in [0.717, 1.165) is 17.4 Å². The SMILES string of the molecule is CC(C)CSCc1ccnc(C#N)c1. The van der Waals surface area contributed by atoms with E-state index >= 15 is 0 Å². The highest BCUT2D eigenvalue weighted by atomic mass is 32.2. The van der Waals surface area contributed by atoms with Gasteiger partial charge in [-0.1, -0.05) is 13.8 Å². The van der Waals surface area contributed by atoms with E-state index in [2.05, 4.69) is 18.8 Å². The van der Waals surface area contributed by atoms with Gasteiger partial charge in [0, 0.05) is 11.9 Å². The molecule has 0 amide bonds. The number of hydrogen-bond acceptors (Lipinski definition) is 3. The minimum atomic E-state index is 0.507. The van der Waals surface area contributed by atoms with E-state index in [9.17, 15) is 0 Å². The Morgan fingerprint density at radius 1 is 1.57 bits per heavy atom. The standard InChI is InChI=1S/C11H14N2S/c1-9(2)7-14-8-10-3-4-13-11(5-10)6-12/h3-5,9H,7-8H2,1-2H3. The van der Waals surface area contributed by atoms with Crippen molar-refractivity contribution in [2.75, 3.05) is 5.75 Å². The highest BCUT2D eigenvalue weighted by Gasteiger charge is 1.98. The summed E-state index contributed by atoms with van der Waals surface area (Å²) in [6.45, 7) is 4.42. The predicted octanol–water partition coefficient (Wildman–Crippen LogP) is 2.84. The molecule has 0 aromatic carbocycles. The maximum absolute atomic E-state index is 8.66. The second-order valence-corrected chi connectivity index (χ2v) is 4.60. The number of thioether (sulfide) groups is 1. The van der Waals surface area contributed by atoms with Crippen molar-refractivity contribution >= 4 is 11.8 Å². The molecule has 0 N–H and O–H groups in total. The quantitative estimate of drug-likeness (QED) is 0.760.